The number of halogens is 1. The van der Waals surface area contributed by atoms with Crippen LogP contribution in [0.15, 0.2) is 66.7 Å². The van der Waals surface area contributed by atoms with Crippen LogP contribution in [-0.2, 0) is 13.0 Å². The van der Waals surface area contributed by atoms with Crippen molar-refractivity contribution in [3.63, 3.8) is 0 Å². The molecule has 4 rings (SSSR count). The predicted octanol–water partition coefficient (Wildman–Crippen LogP) is 3.52. The lowest BCUT2D eigenvalue weighted by Gasteiger charge is -2.10. The molecule has 0 radical (unpaired) electrons. The Kier molecular flexibility index (Phi) is 6.12. The Hall–Kier alpha value is -4.20. The Labute approximate surface area is 184 Å². The Balaban J connectivity index is 1.29. The van der Waals surface area contributed by atoms with Crippen molar-refractivity contribution in [1.82, 2.24) is 15.3 Å². The van der Waals surface area contributed by atoms with E-state index in [1.165, 1.54) is 24.3 Å². The molecule has 4 aromatic rings. The molecule has 0 bridgehead atoms. The average Bonchev–Trinajstić information content (AvgIpc) is 2.79. The summed E-state index contributed by atoms with van der Waals surface area (Å²) in [7, 11) is 0. The van der Waals surface area contributed by atoms with E-state index in [-0.39, 0.29) is 17.7 Å². The molecule has 1 heterocycles. The van der Waals surface area contributed by atoms with Gasteiger partial charge in [-0.15, -0.1) is 0 Å². The number of amides is 1. The van der Waals surface area contributed by atoms with Gasteiger partial charge in [-0.3, -0.25) is 4.79 Å². The third-order valence-electron chi connectivity index (χ3n) is 5.07. The maximum absolute atomic E-state index is 12.9. The summed E-state index contributed by atoms with van der Waals surface area (Å²) in [6.45, 7) is 1.14. The van der Waals surface area contributed by atoms with Gasteiger partial charge < -0.3 is 22.1 Å². The topological polar surface area (TPSA) is 119 Å². The lowest BCUT2D eigenvalue weighted by atomic mass is 10.1. The van der Waals surface area contributed by atoms with Gasteiger partial charge in [0.2, 0.25) is 5.95 Å². The van der Waals surface area contributed by atoms with Crippen LogP contribution in [0.25, 0.3) is 10.9 Å². The van der Waals surface area contributed by atoms with Crippen molar-refractivity contribution in [3.8, 4) is 0 Å². The summed E-state index contributed by atoms with van der Waals surface area (Å²) in [5.74, 6) is -0.0622. The standard InChI is InChI=1S/C24H23FN6O/c25-18-7-5-17(6-8-18)23(32)28-12-11-15-1-3-16(4-2-15)14-29-19-9-10-21-20(13-19)22(26)31-24(27)30-21/h1-10,13,29H,11-12,14H2,(H,28,32)(H4,26,27,30,31). The molecule has 1 amide bonds. The van der Waals surface area contributed by atoms with Crippen LogP contribution in [0.1, 0.15) is 21.5 Å². The summed E-state index contributed by atoms with van der Waals surface area (Å²) < 4.78 is 12.9. The molecule has 0 unspecified atom stereocenters. The molecule has 0 saturated heterocycles. The minimum Gasteiger partial charge on any atom is -0.383 e. The first-order valence-corrected chi connectivity index (χ1v) is 10.2. The maximum atomic E-state index is 12.9. The van der Waals surface area contributed by atoms with Gasteiger partial charge >= 0.3 is 0 Å². The smallest absolute Gasteiger partial charge is 0.251 e. The second kappa shape index (κ2) is 9.30. The van der Waals surface area contributed by atoms with Crippen LogP contribution in [0.2, 0.25) is 0 Å². The van der Waals surface area contributed by atoms with Crippen LogP contribution in [0.4, 0.5) is 21.8 Å². The first-order valence-electron chi connectivity index (χ1n) is 10.2. The number of nitrogens with zero attached hydrogens (tertiary/aromatic N) is 2. The van der Waals surface area contributed by atoms with Crippen LogP contribution in [-0.4, -0.2) is 22.4 Å². The molecule has 3 aromatic carbocycles. The van der Waals surface area contributed by atoms with E-state index in [4.69, 9.17) is 11.5 Å². The predicted molar refractivity (Wildman–Crippen MR) is 125 cm³/mol. The van der Waals surface area contributed by atoms with Gasteiger partial charge in [-0.1, -0.05) is 24.3 Å². The zero-order valence-corrected chi connectivity index (χ0v) is 17.3. The molecule has 0 saturated carbocycles. The first kappa shape index (κ1) is 21.0. The molecule has 162 valence electrons. The molecule has 0 spiro atoms. The van der Waals surface area contributed by atoms with E-state index in [9.17, 15) is 9.18 Å². The van der Waals surface area contributed by atoms with Gasteiger partial charge in [0.15, 0.2) is 0 Å². The molecule has 0 atom stereocenters. The fourth-order valence-corrected chi connectivity index (χ4v) is 3.33. The number of carbonyl (C=O) groups excluding carboxylic acids is 1. The maximum Gasteiger partial charge on any atom is 0.251 e. The van der Waals surface area contributed by atoms with Crippen LogP contribution in [0.5, 0.6) is 0 Å². The van der Waals surface area contributed by atoms with Crippen LogP contribution in [0.3, 0.4) is 0 Å². The van der Waals surface area contributed by atoms with Gasteiger partial charge in [0.1, 0.15) is 11.6 Å². The van der Waals surface area contributed by atoms with E-state index in [0.717, 1.165) is 22.2 Å². The van der Waals surface area contributed by atoms with Crippen molar-refractivity contribution in [1.29, 1.82) is 0 Å². The van der Waals surface area contributed by atoms with Crippen molar-refractivity contribution >= 4 is 34.3 Å². The molecule has 7 nitrogen and oxygen atoms in total. The van der Waals surface area contributed by atoms with Gasteiger partial charge in [0.25, 0.3) is 5.91 Å². The summed E-state index contributed by atoms with van der Waals surface area (Å²) in [5.41, 5.74) is 15.9. The number of nitrogens with one attached hydrogen (secondary N) is 2. The SMILES string of the molecule is Nc1nc(N)c2cc(NCc3ccc(CCNC(=O)c4ccc(F)cc4)cc3)ccc2n1. The molecule has 6 N–H and O–H groups in total. The van der Waals surface area contributed by atoms with E-state index in [1.807, 2.05) is 42.5 Å². The molecule has 8 heteroatoms. The number of benzene rings is 3. The summed E-state index contributed by atoms with van der Waals surface area (Å²) in [4.78, 5) is 20.3. The van der Waals surface area contributed by atoms with E-state index in [1.54, 1.807) is 0 Å². The van der Waals surface area contributed by atoms with Gasteiger partial charge in [0.05, 0.1) is 5.52 Å². The Bertz CT molecular complexity index is 1240. The van der Waals surface area contributed by atoms with Crippen molar-refractivity contribution < 1.29 is 9.18 Å². The first-order chi connectivity index (χ1) is 15.5. The van der Waals surface area contributed by atoms with Crippen LogP contribution in [0, 0.1) is 5.82 Å². The van der Waals surface area contributed by atoms with Gasteiger partial charge in [-0.25, -0.2) is 9.37 Å². The Morgan fingerprint density at radius 2 is 1.62 bits per heavy atom. The van der Waals surface area contributed by atoms with Crippen LogP contribution >= 0.6 is 0 Å². The third kappa shape index (κ3) is 5.10. The monoisotopic (exact) mass is 430 g/mol. The molecular formula is C24H23FN6O. The van der Waals surface area contributed by atoms with E-state index < -0.39 is 0 Å². The van der Waals surface area contributed by atoms with Gasteiger partial charge in [0, 0.05) is 29.7 Å². The Morgan fingerprint density at radius 1 is 0.906 bits per heavy atom. The molecule has 32 heavy (non-hydrogen) atoms. The molecule has 0 aliphatic heterocycles. The molecule has 0 fully saturated rings. The highest BCUT2D eigenvalue weighted by Gasteiger charge is 2.06. The second-order valence-electron chi connectivity index (χ2n) is 7.38. The number of anilines is 3. The lowest BCUT2D eigenvalue weighted by Crippen LogP contribution is -2.25. The third-order valence-corrected chi connectivity index (χ3v) is 5.07. The number of fused-ring (bicyclic) bond motifs is 1. The summed E-state index contributed by atoms with van der Waals surface area (Å²) in [6, 6.07) is 19.3. The molecule has 1 aromatic heterocycles. The minimum atomic E-state index is -0.361. The van der Waals surface area contributed by atoms with Crippen molar-refractivity contribution in [2.75, 3.05) is 23.3 Å². The number of nitrogens with two attached hydrogens (primary N) is 2. The number of rotatable bonds is 7. The highest BCUT2D eigenvalue weighted by atomic mass is 19.1. The average molecular weight is 430 g/mol. The van der Waals surface area contributed by atoms with E-state index >= 15 is 0 Å². The molecular weight excluding hydrogens is 407 g/mol. The quantitative estimate of drug-likeness (QED) is 0.356. The lowest BCUT2D eigenvalue weighted by molar-refractivity contribution is 0.0954. The zero-order chi connectivity index (χ0) is 22.5. The normalized spacial score (nSPS) is 10.8. The van der Waals surface area contributed by atoms with Crippen LogP contribution < -0.4 is 22.1 Å². The number of hydrogen-bond acceptors (Lipinski definition) is 6. The number of carbonyl (C=O) groups is 1. The number of hydrogen-bond donors (Lipinski definition) is 4. The second-order valence-corrected chi connectivity index (χ2v) is 7.38. The van der Waals surface area contributed by atoms with Crippen molar-refractivity contribution in [2.24, 2.45) is 0 Å². The van der Waals surface area contributed by atoms with Gasteiger partial charge in [-0.2, -0.15) is 4.98 Å². The largest absolute Gasteiger partial charge is 0.383 e. The zero-order valence-electron chi connectivity index (χ0n) is 17.3. The highest BCUT2D eigenvalue weighted by molar-refractivity contribution is 5.94. The van der Waals surface area contributed by atoms with Gasteiger partial charge in [-0.05, 0) is 60.0 Å². The number of nitrogen functional groups attached to an aromatic ring is 2. The minimum absolute atomic E-state index is 0.158. The molecule has 0 aliphatic carbocycles. The summed E-state index contributed by atoms with van der Waals surface area (Å²) in [5, 5.41) is 6.97. The van der Waals surface area contributed by atoms with Crippen molar-refractivity contribution in [2.45, 2.75) is 13.0 Å². The van der Waals surface area contributed by atoms with E-state index in [2.05, 4.69) is 20.6 Å². The van der Waals surface area contributed by atoms with Crippen molar-refractivity contribution in [3.05, 3.63) is 89.2 Å². The summed E-state index contributed by atoms with van der Waals surface area (Å²) in [6.07, 6.45) is 0.702. The highest BCUT2D eigenvalue weighted by Crippen LogP contribution is 2.23. The molecule has 0 aliphatic rings. The summed E-state index contributed by atoms with van der Waals surface area (Å²) >= 11 is 0. The Morgan fingerprint density at radius 3 is 2.38 bits per heavy atom. The number of aromatic nitrogens is 2. The van der Waals surface area contributed by atoms with E-state index in [0.29, 0.717) is 36.4 Å². The fraction of sp³-hybridized carbons (Fsp3) is 0.125. The fourth-order valence-electron chi connectivity index (χ4n) is 3.33.